The maximum atomic E-state index is 12.8. The van der Waals surface area contributed by atoms with Gasteiger partial charge in [0, 0.05) is 4.88 Å². The van der Waals surface area contributed by atoms with Gasteiger partial charge in [-0.1, -0.05) is 19.1 Å². The molecule has 0 saturated heterocycles. The van der Waals surface area contributed by atoms with Crippen LogP contribution in [0.4, 0.5) is 10.7 Å². The van der Waals surface area contributed by atoms with Gasteiger partial charge < -0.3 is 15.8 Å². The number of anilines is 2. The maximum absolute atomic E-state index is 12.8. The Kier molecular flexibility index (Phi) is 4.57. The Morgan fingerprint density at radius 1 is 1.43 bits per heavy atom. The number of hydrogen-bond acceptors (Lipinski definition) is 4. The average Bonchev–Trinajstić information content (AvgIpc) is 2.84. The second-order valence-electron chi connectivity index (χ2n) is 5.97. The maximum Gasteiger partial charge on any atom is 0.259 e. The topological polar surface area (TPSA) is 64.3 Å². The van der Waals surface area contributed by atoms with Crippen molar-refractivity contribution in [3.63, 3.8) is 0 Å². The Morgan fingerprint density at radius 3 is 3.00 bits per heavy atom. The molecule has 0 bridgehead atoms. The monoisotopic (exact) mass is 330 g/mol. The summed E-state index contributed by atoms with van der Waals surface area (Å²) in [6.45, 7) is 4.73. The smallest absolute Gasteiger partial charge is 0.259 e. The minimum Gasteiger partial charge on any atom is -0.492 e. The van der Waals surface area contributed by atoms with Gasteiger partial charge in [0.25, 0.3) is 5.91 Å². The fraction of sp³-hybridized carbons (Fsp3) is 0.389. The number of ether oxygens (including phenoxy) is 1. The molecule has 122 valence electrons. The molecule has 0 fully saturated rings. The average molecular weight is 330 g/mol. The first-order chi connectivity index (χ1) is 11.1. The molecule has 1 aromatic heterocycles. The van der Waals surface area contributed by atoms with Crippen molar-refractivity contribution in [3.8, 4) is 5.75 Å². The fourth-order valence-electron chi connectivity index (χ4n) is 3.06. The summed E-state index contributed by atoms with van der Waals surface area (Å²) in [5.74, 6) is 1.21. The number of thiophene rings is 1. The van der Waals surface area contributed by atoms with Gasteiger partial charge >= 0.3 is 0 Å². The highest BCUT2D eigenvalue weighted by atomic mass is 32.1. The number of hydrogen-bond donors (Lipinski definition) is 2. The zero-order valence-corrected chi connectivity index (χ0v) is 14.3. The summed E-state index contributed by atoms with van der Waals surface area (Å²) in [6, 6.07) is 7.47. The van der Waals surface area contributed by atoms with Crippen LogP contribution in [0.3, 0.4) is 0 Å². The van der Waals surface area contributed by atoms with Gasteiger partial charge in [-0.2, -0.15) is 0 Å². The van der Waals surface area contributed by atoms with Crippen LogP contribution in [0.1, 0.15) is 41.1 Å². The molecule has 0 spiro atoms. The van der Waals surface area contributed by atoms with Crippen molar-refractivity contribution in [2.45, 2.75) is 33.1 Å². The molecule has 2 aromatic rings. The van der Waals surface area contributed by atoms with E-state index in [-0.39, 0.29) is 5.91 Å². The number of fused-ring (bicyclic) bond motifs is 1. The minimum atomic E-state index is -0.137. The Hall–Kier alpha value is -2.01. The summed E-state index contributed by atoms with van der Waals surface area (Å²) in [5, 5.41) is 3.58. The highest BCUT2D eigenvalue weighted by molar-refractivity contribution is 7.16. The lowest BCUT2D eigenvalue weighted by molar-refractivity contribution is 0.102. The molecular formula is C18H22N2O2S. The first kappa shape index (κ1) is 15.9. The van der Waals surface area contributed by atoms with Crippen molar-refractivity contribution < 1.29 is 9.53 Å². The van der Waals surface area contributed by atoms with E-state index < -0.39 is 0 Å². The number of carbonyl (C=O) groups is 1. The van der Waals surface area contributed by atoms with Crippen molar-refractivity contribution in [3.05, 3.63) is 40.3 Å². The molecule has 1 unspecified atom stereocenters. The molecule has 1 heterocycles. The summed E-state index contributed by atoms with van der Waals surface area (Å²) >= 11 is 1.56. The lowest BCUT2D eigenvalue weighted by Gasteiger charge is -2.19. The Balaban J connectivity index is 1.88. The van der Waals surface area contributed by atoms with Gasteiger partial charge in [0.15, 0.2) is 0 Å². The summed E-state index contributed by atoms with van der Waals surface area (Å²) in [4.78, 5) is 14.0. The molecule has 23 heavy (non-hydrogen) atoms. The quantitative estimate of drug-likeness (QED) is 0.887. The van der Waals surface area contributed by atoms with Crippen LogP contribution in [0.5, 0.6) is 5.75 Å². The van der Waals surface area contributed by atoms with Crippen LogP contribution in [0.2, 0.25) is 0 Å². The van der Waals surface area contributed by atoms with Gasteiger partial charge in [-0.05, 0) is 49.8 Å². The number of nitrogens with two attached hydrogens (primary N) is 1. The third-order valence-electron chi connectivity index (χ3n) is 4.20. The van der Waals surface area contributed by atoms with Gasteiger partial charge in [0.2, 0.25) is 0 Å². The van der Waals surface area contributed by atoms with E-state index in [4.69, 9.17) is 10.5 Å². The Morgan fingerprint density at radius 2 is 2.22 bits per heavy atom. The zero-order valence-electron chi connectivity index (χ0n) is 13.5. The van der Waals surface area contributed by atoms with E-state index >= 15 is 0 Å². The summed E-state index contributed by atoms with van der Waals surface area (Å²) in [7, 11) is 0. The van der Waals surface area contributed by atoms with E-state index in [1.807, 2.05) is 31.2 Å². The molecule has 1 aliphatic rings. The molecular weight excluding hydrogens is 308 g/mol. The first-order valence-corrected chi connectivity index (χ1v) is 8.85. The predicted octanol–water partition coefficient (Wildman–Crippen LogP) is 4.11. The zero-order chi connectivity index (χ0) is 16.4. The number of amides is 1. The highest BCUT2D eigenvalue weighted by Crippen LogP contribution is 2.38. The molecule has 1 aliphatic carbocycles. The summed E-state index contributed by atoms with van der Waals surface area (Å²) < 4.78 is 5.57. The molecule has 5 heteroatoms. The lowest BCUT2D eigenvalue weighted by atomic mass is 9.88. The van der Waals surface area contributed by atoms with Gasteiger partial charge in [0.05, 0.1) is 22.9 Å². The van der Waals surface area contributed by atoms with Crippen molar-refractivity contribution in [1.82, 2.24) is 0 Å². The fourth-order valence-corrected chi connectivity index (χ4v) is 4.34. The number of carbonyl (C=O) groups excluding carboxylic acids is 1. The third-order valence-corrected chi connectivity index (χ3v) is 5.28. The third kappa shape index (κ3) is 3.20. The lowest BCUT2D eigenvalue weighted by Crippen LogP contribution is -2.18. The first-order valence-electron chi connectivity index (χ1n) is 8.03. The van der Waals surface area contributed by atoms with Gasteiger partial charge in [-0.15, -0.1) is 11.3 Å². The normalized spacial score (nSPS) is 16.7. The van der Waals surface area contributed by atoms with Crippen LogP contribution in [0, 0.1) is 5.92 Å². The van der Waals surface area contributed by atoms with Crippen molar-refractivity contribution in [1.29, 1.82) is 0 Å². The molecule has 1 aromatic carbocycles. The van der Waals surface area contributed by atoms with Crippen molar-refractivity contribution in [2.24, 2.45) is 5.92 Å². The molecule has 4 nitrogen and oxygen atoms in total. The molecule has 1 atom stereocenters. The number of benzene rings is 1. The summed E-state index contributed by atoms with van der Waals surface area (Å²) in [6.07, 6.45) is 3.06. The van der Waals surface area contributed by atoms with Crippen LogP contribution in [-0.4, -0.2) is 12.5 Å². The van der Waals surface area contributed by atoms with E-state index in [0.717, 1.165) is 24.8 Å². The van der Waals surface area contributed by atoms with Crippen LogP contribution in [0.15, 0.2) is 24.3 Å². The number of rotatable bonds is 4. The number of nitrogens with one attached hydrogen (secondary N) is 1. The molecule has 0 aliphatic heterocycles. The molecule has 0 radical (unpaired) electrons. The van der Waals surface area contributed by atoms with Crippen LogP contribution >= 0.6 is 11.3 Å². The van der Waals surface area contributed by atoms with Crippen molar-refractivity contribution in [2.75, 3.05) is 17.7 Å². The van der Waals surface area contributed by atoms with Gasteiger partial charge in [-0.3, -0.25) is 4.79 Å². The second kappa shape index (κ2) is 6.62. The second-order valence-corrected chi connectivity index (χ2v) is 7.11. The van der Waals surface area contributed by atoms with Crippen molar-refractivity contribution >= 4 is 27.9 Å². The molecule has 3 rings (SSSR count). The van der Waals surface area contributed by atoms with E-state index in [9.17, 15) is 4.79 Å². The van der Waals surface area contributed by atoms with Crippen LogP contribution < -0.4 is 15.8 Å². The number of para-hydroxylation sites is 2. The number of nitrogen functional groups attached to an aromatic ring is 1. The van der Waals surface area contributed by atoms with E-state index in [1.165, 1.54) is 4.88 Å². The SMILES string of the molecule is CCOc1ccccc1NC(=O)c1c(N)sc2c1CCC(C)C2. The largest absolute Gasteiger partial charge is 0.492 e. The predicted molar refractivity (Wildman–Crippen MR) is 95.5 cm³/mol. The van der Waals surface area contributed by atoms with E-state index in [0.29, 0.717) is 34.5 Å². The van der Waals surface area contributed by atoms with E-state index in [2.05, 4.69) is 12.2 Å². The Labute approximate surface area is 140 Å². The van der Waals surface area contributed by atoms with Gasteiger partial charge in [0.1, 0.15) is 5.75 Å². The molecule has 1 amide bonds. The van der Waals surface area contributed by atoms with E-state index in [1.54, 1.807) is 11.3 Å². The van der Waals surface area contributed by atoms with Gasteiger partial charge in [-0.25, -0.2) is 0 Å². The standard InChI is InChI=1S/C18H22N2O2S/c1-3-22-14-7-5-4-6-13(14)20-18(21)16-12-9-8-11(2)10-15(12)23-17(16)19/h4-7,11H,3,8-10,19H2,1-2H3,(H,20,21). The highest BCUT2D eigenvalue weighted by Gasteiger charge is 2.26. The van der Waals surface area contributed by atoms with Crippen LogP contribution in [0.25, 0.3) is 0 Å². The summed E-state index contributed by atoms with van der Waals surface area (Å²) in [5.41, 5.74) is 8.62. The molecule has 3 N–H and O–H groups in total. The van der Waals surface area contributed by atoms with Crippen LogP contribution in [-0.2, 0) is 12.8 Å². The molecule has 0 saturated carbocycles. The Bertz CT molecular complexity index is 724. The minimum absolute atomic E-state index is 0.137.